The summed E-state index contributed by atoms with van der Waals surface area (Å²) >= 11 is 6.44. The van der Waals surface area contributed by atoms with Gasteiger partial charge < -0.3 is 25.4 Å². The third-order valence-corrected chi connectivity index (χ3v) is 5.48. The maximum Gasteiger partial charge on any atom is 0.407 e. The molecule has 1 fully saturated rings. The molecule has 0 unspecified atom stereocenters. The van der Waals surface area contributed by atoms with E-state index in [4.69, 9.17) is 26.8 Å². The first-order valence-electron chi connectivity index (χ1n) is 10.6. The highest BCUT2D eigenvalue weighted by Crippen LogP contribution is 2.35. The lowest BCUT2D eigenvalue weighted by Crippen LogP contribution is -2.46. The number of carbonyl (C=O) groups is 2. The molecule has 8 nitrogen and oxygen atoms in total. The van der Waals surface area contributed by atoms with Crippen molar-refractivity contribution in [3.8, 4) is 16.9 Å². The molecule has 1 aliphatic rings. The highest BCUT2D eigenvalue weighted by Gasteiger charge is 2.26. The number of methoxy groups -OCH3 is 1. The van der Waals surface area contributed by atoms with Gasteiger partial charge in [-0.25, -0.2) is 14.2 Å². The molecule has 0 spiro atoms. The summed E-state index contributed by atoms with van der Waals surface area (Å²) in [5, 5.41) is 2.92. The van der Waals surface area contributed by atoms with Crippen molar-refractivity contribution < 1.29 is 23.5 Å². The van der Waals surface area contributed by atoms with Crippen LogP contribution in [0.2, 0.25) is 5.15 Å². The van der Waals surface area contributed by atoms with Crippen molar-refractivity contribution in [2.45, 2.75) is 45.3 Å². The number of carbonyl (C=O) groups excluding carboxylic acids is 2. The van der Waals surface area contributed by atoms with Crippen LogP contribution in [-0.4, -0.2) is 48.8 Å². The van der Waals surface area contributed by atoms with E-state index in [1.165, 1.54) is 19.2 Å². The number of rotatable bonds is 5. The standard InChI is InChI=1S/C23H28ClFN4O4/c1-23(2,3)33-22(31)27-14-7-9-29(10-8-14)18-12-15(21(26)30)19(20(24)28-18)13-5-6-17(32-4)16(25)11-13/h5-6,11-12,14H,7-10H2,1-4H3,(H2,26,30)(H,27,31). The Balaban J connectivity index is 1.79. The molecular formula is C23H28ClFN4O4. The summed E-state index contributed by atoms with van der Waals surface area (Å²) < 4.78 is 24.5. The molecule has 3 rings (SSSR count). The molecule has 0 radical (unpaired) electrons. The number of alkyl carbamates (subject to hydrolysis) is 1. The Hall–Kier alpha value is -3.07. The first kappa shape index (κ1) is 24.6. The fourth-order valence-corrected chi connectivity index (χ4v) is 3.98. The molecule has 2 aromatic rings. The Morgan fingerprint density at radius 3 is 2.45 bits per heavy atom. The Kier molecular flexibility index (Phi) is 7.31. The number of nitrogens with one attached hydrogen (secondary N) is 1. The number of hydrogen-bond acceptors (Lipinski definition) is 6. The second kappa shape index (κ2) is 9.82. The molecule has 1 aliphatic heterocycles. The second-order valence-electron chi connectivity index (χ2n) is 8.81. The monoisotopic (exact) mass is 478 g/mol. The number of nitrogens with two attached hydrogens (primary N) is 1. The van der Waals surface area contributed by atoms with Crippen LogP contribution in [0.5, 0.6) is 5.75 Å². The number of pyridine rings is 1. The Morgan fingerprint density at radius 2 is 1.91 bits per heavy atom. The first-order chi connectivity index (χ1) is 15.5. The van der Waals surface area contributed by atoms with Crippen LogP contribution in [0.1, 0.15) is 44.0 Å². The van der Waals surface area contributed by atoms with E-state index in [1.54, 1.807) is 12.1 Å². The predicted molar refractivity (Wildman–Crippen MR) is 124 cm³/mol. The molecule has 10 heteroatoms. The van der Waals surface area contributed by atoms with Crippen molar-refractivity contribution in [3.05, 3.63) is 40.8 Å². The molecule has 0 bridgehead atoms. The van der Waals surface area contributed by atoms with Gasteiger partial charge in [0.05, 0.1) is 12.7 Å². The van der Waals surface area contributed by atoms with Gasteiger partial charge in [-0.1, -0.05) is 17.7 Å². The lowest BCUT2D eigenvalue weighted by atomic mass is 10.00. The molecule has 2 heterocycles. The number of benzene rings is 1. The van der Waals surface area contributed by atoms with Gasteiger partial charge in [0.2, 0.25) is 5.91 Å². The minimum absolute atomic E-state index is 0.0382. The van der Waals surface area contributed by atoms with E-state index in [1.807, 2.05) is 25.7 Å². The molecule has 2 amide bonds. The molecule has 3 N–H and O–H groups in total. The number of aromatic nitrogens is 1. The van der Waals surface area contributed by atoms with Gasteiger partial charge in [0.1, 0.15) is 16.6 Å². The van der Waals surface area contributed by atoms with Gasteiger partial charge in [-0.15, -0.1) is 0 Å². The lowest BCUT2D eigenvalue weighted by molar-refractivity contribution is 0.0497. The molecule has 178 valence electrons. The normalized spacial score (nSPS) is 14.7. The summed E-state index contributed by atoms with van der Waals surface area (Å²) in [5.41, 5.74) is 5.82. The Labute approximate surface area is 197 Å². The molecule has 0 atom stereocenters. The Bertz CT molecular complexity index is 1050. The van der Waals surface area contributed by atoms with Gasteiger partial charge in [0, 0.05) is 24.7 Å². The number of ether oxygens (including phenoxy) is 2. The Morgan fingerprint density at radius 1 is 1.24 bits per heavy atom. The molecular weight excluding hydrogens is 451 g/mol. The van der Waals surface area contributed by atoms with Crippen LogP contribution in [0, 0.1) is 5.82 Å². The zero-order chi connectivity index (χ0) is 24.3. The SMILES string of the molecule is COc1ccc(-c2c(C(N)=O)cc(N3CCC(NC(=O)OC(C)(C)C)CC3)nc2Cl)cc1F. The highest BCUT2D eigenvalue weighted by atomic mass is 35.5. The van der Waals surface area contributed by atoms with Crippen LogP contribution in [-0.2, 0) is 4.74 Å². The third-order valence-electron chi connectivity index (χ3n) is 5.21. The van der Waals surface area contributed by atoms with Crippen LogP contribution in [0.15, 0.2) is 24.3 Å². The number of piperidine rings is 1. The van der Waals surface area contributed by atoms with Gasteiger partial charge in [-0.2, -0.15) is 0 Å². The first-order valence-corrected chi connectivity index (χ1v) is 10.9. The van der Waals surface area contributed by atoms with Crippen molar-refractivity contribution in [1.29, 1.82) is 0 Å². The van der Waals surface area contributed by atoms with Crippen LogP contribution in [0.25, 0.3) is 11.1 Å². The van der Waals surface area contributed by atoms with Gasteiger partial charge >= 0.3 is 6.09 Å². The molecule has 1 saturated heterocycles. The van der Waals surface area contributed by atoms with Crippen molar-refractivity contribution >= 4 is 29.4 Å². The molecule has 0 aliphatic carbocycles. The quantitative estimate of drug-likeness (QED) is 0.625. The van der Waals surface area contributed by atoms with Crippen molar-refractivity contribution in [1.82, 2.24) is 10.3 Å². The second-order valence-corrected chi connectivity index (χ2v) is 9.17. The average molecular weight is 479 g/mol. The zero-order valence-corrected chi connectivity index (χ0v) is 19.8. The van der Waals surface area contributed by atoms with Crippen LogP contribution in [0.3, 0.4) is 0 Å². The van der Waals surface area contributed by atoms with E-state index in [2.05, 4.69) is 10.3 Å². The topological polar surface area (TPSA) is 107 Å². The zero-order valence-electron chi connectivity index (χ0n) is 19.1. The van der Waals surface area contributed by atoms with E-state index < -0.39 is 23.4 Å². The smallest absolute Gasteiger partial charge is 0.407 e. The van der Waals surface area contributed by atoms with E-state index in [0.717, 1.165) is 0 Å². The minimum atomic E-state index is -0.701. The van der Waals surface area contributed by atoms with Gasteiger partial charge in [0.25, 0.3) is 0 Å². The summed E-state index contributed by atoms with van der Waals surface area (Å²) in [4.78, 5) is 30.6. The fourth-order valence-electron chi connectivity index (χ4n) is 3.68. The molecule has 0 saturated carbocycles. The van der Waals surface area contributed by atoms with Gasteiger partial charge in [0.15, 0.2) is 11.6 Å². The van der Waals surface area contributed by atoms with E-state index in [-0.39, 0.29) is 28.1 Å². The van der Waals surface area contributed by atoms with Crippen molar-refractivity contribution in [3.63, 3.8) is 0 Å². The highest BCUT2D eigenvalue weighted by molar-refractivity contribution is 6.33. The number of halogens is 2. The minimum Gasteiger partial charge on any atom is -0.494 e. The summed E-state index contributed by atoms with van der Waals surface area (Å²) in [7, 11) is 1.36. The summed E-state index contributed by atoms with van der Waals surface area (Å²) in [6.45, 7) is 6.59. The van der Waals surface area contributed by atoms with Crippen LogP contribution >= 0.6 is 11.6 Å². The van der Waals surface area contributed by atoms with Gasteiger partial charge in [-0.05, 0) is 57.4 Å². The number of primary amides is 1. The predicted octanol–water partition coefficient (Wildman–Crippen LogP) is 4.14. The molecule has 1 aromatic heterocycles. The summed E-state index contributed by atoms with van der Waals surface area (Å²) in [6, 6.07) is 5.78. The molecule has 33 heavy (non-hydrogen) atoms. The number of amides is 2. The van der Waals surface area contributed by atoms with Crippen LogP contribution in [0.4, 0.5) is 15.0 Å². The molecule has 1 aromatic carbocycles. The maximum atomic E-state index is 14.2. The van der Waals surface area contributed by atoms with Crippen molar-refractivity contribution in [2.75, 3.05) is 25.1 Å². The lowest BCUT2D eigenvalue weighted by Gasteiger charge is -2.34. The largest absolute Gasteiger partial charge is 0.494 e. The van der Waals surface area contributed by atoms with E-state index in [0.29, 0.717) is 37.3 Å². The van der Waals surface area contributed by atoms with Crippen LogP contribution < -0.4 is 20.7 Å². The fraction of sp³-hybridized carbons (Fsp3) is 0.435. The third kappa shape index (κ3) is 6.04. The average Bonchev–Trinajstić information content (AvgIpc) is 2.72. The number of nitrogens with zero attached hydrogens (tertiary/aromatic N) is 2. The van der Waals surface area contributed by atoms with Gasteiger partial charge in [-0.3, -0.25) is 4.79 Å². The number of anilines is 1. The summed E-state index contributed by atoms with van der Waals surface area (Å²) in [5.74, 6) is -0.733. The van der Waals surface area contributed by atoms with Crippen molar-refractivity contribution in [2.24, 2.45) is 5.73 Å². The summed E-state index contributed by atoms with van der Waals surface area (Å²) in [6.07, 6.45) is 0.875. The maximum absolute atomic E-state index is 14.2. The number of hydrogen-bond donors (Lipinski definition) is 2. The van der Waals surface area contributed by atoms with E-state index >= 15 is 0 Å². The van der Waals surface area contributed by atoms with E-state index in [9.17, 15) is 14.0 Å².